The normalized spacial score (nSPS) is 10.4. The third-order valence-electron chi connectivity index (χ3n) is 2.56. The van der Waals surface area contributed by atoms with Crippen molar-refractivity contribution in [1.29, 1.82) is 0 Å². The number of carbonyl (C=O) groups excluding carboxylic acids is 3. The van der Waals surface area contributed by atoms with Gasteiger partial charge in [-0.25, -0.2) is 9.59 Å². The van der Waals surface area contributed by atoms with E-state index in [0.29, 0.717) is 11.3 Å². The summed E-state index contributed by atoms with van der Waals surface area (Å²) >= 11 is 0. The van der Waals surface area contributed by atoms with Crippen molar-refractivity contribution < 1.29 is 23.9 Å². The Morgan fingerprint density at radius 1 is 1.22 bits per heavy atom. The number of imide groups is 1. The van der Waals surface area contributed by atoms with Crippen LogP contribution in [0.1, 0.15) is 19.4 Å². The number of nitrogens with one attached hydrogen (secondary N) is 2. The van der Waals surface area contributed by atoms with Gasteiger partial charge in [0.25, 0.3) is 5.91 Å². The lowest BCUT2D eigenvalue weighted by Crippen LogP contribution is -2.43. The van der Waals surface area contributed by atoms with Gasteiger partial charge in [0.05, 0.1) is 7.11 Å². The second-order valence-electron chi connectivity index (χ2n) is 4.86. The maximum Gasteiger partial charge on any atom is 0.331 e. The lowest BCUT2D eigenvalue weighted by atomic mass is 10.2. The molecule has 0 bridgehead atoms. The Labute approximate surface area is 134 Å². The number of methoxy groups -OCH3 is 1. The van der Waals surface area contributed by atoms with E-state index in [-0.39, 0.29) is 6.04 Å². The minimum Gasteiger partial charge on any atom is -0.496 e. The summed E-state index contributed by atoms with van der Waals surface area (Å²) in [5.41, 5.74) is 0.702. The molecule has 0 aliphatic rings. The Bertz CT molecular complexity index is 596. The third kappa shape index (κ3) is 7.12. The molecule has 0 spiro atoms. The summed E-state index contributed by atoms with van der Waals surface area (Å²) in [6, 6.07) is 6.40. The van der Waals surface area contributed by atoms with E-state index in [1.165, 1.54) is 19.3 Å². The Morgan fingerprint density at radius 3 is 2.57 bits per heavy atom. The van der Waals surface area contributed by atoms with E-state index in [9.17, 15) is 14.4 Å². The van der Waals surface area contributed by atoms with Gasteiger partial charge in [-0.1, -0.05) is 18.2 Å². The first-order valence-corrected chi connectivity index (χ1v) is 7.00. The fourth-order valence-electron chi connectivity index (χ4n) is 1.61. The van der Waals surface area contributed by atoms with Crippen molar-refractivity contribution >= 4 is 24.0 Å². The molecule has 23 heavy (non-hydrogen) atoms. The molecule has 0 saturated carbocycles. The van der Waals surface area contributed by atoms with Gasteiger partial charge in [0.1, 0.15) is 5.75 Å². The van der Waals surface area contributed by atoms with Crippen LogP contribution >= 0.6 is 0 Å². The zero-order valence-electron chi connectivity index (χ0n) is 13.3. The molecule has 3 amide bonds. The van der Waals surface area contributed by atoms with Crippen LogP contribution in [0.25, 0.3) is 6.08 Å². The summed E-state index contributed by atoms with van der Waals surface area (Å²) in [4.78, 5) is 34.3. The Balaban J connectivity index is 2.43. The van der Waals surface area contributed by atoms with Crippen LogP contribution in [0.2, 0.25) is 0 Å². The summed E-state index contributed by atoms with van der Waals surface area (Å²) in [6.45, 7) is 2.97. The van der Waals surface area contributed by atoms with Crippen molar-refractivity contribution in [2.75, 3.05) is 13.7 Å². The molecule has 0 aliphatic carbocycles. The molecule has 0 unspecified atom stereocenters. The molecule has 0 heterocycles. The SMILES string of the molecule is COc1ccccc1C=CC(=O)OCC(=O)NC(=O)NC(C)C. The number of rotatable bonds is 6. The number of esters is 1. The first-order chi connectivity index (χ1) is 10.9. The summed E-state index contributed by atoms with van der Waals surface area (Å²) < 4.78 is 9.89. The van der Waals surface area contributed by atoms with Gasteiger partial charge in [-0.15, -0.1) is 0 Å². The summed E-state index contributed by atoms with van der Waals surface area (Å²) in [5.74, 6) is -0.794. The van der Waals surface area contributed by atoms with Gasteiger partial charge < -0.3 is 14.8 Å². The molecule has 0 atom stereocenters. The Hall–Kier alpha value is -2.83. The van der Waals surface area contributed by atoms with E-state index in [1.807, 2.05) is 5.32 Å². The van der Waals surface area contributed by atoms with Gasteiger partial charge in [0, 0.05) is 17.7 Å². The minimum atomic E-state index is -0.706. The van der Waals surface area contributed by atoms with E-state index < -0.39 is 24.5 Å². The summed E-state index contributed by atoms with van der Waals surface area (Å²) in [6.07, 6.45) is 2.70. The second kappa shape index (κ2) is 9.24. The van der Waals surface area contributed by atoms with Crippen LogP contribution in [0.3, 0.4) is 0 Å². The Morgan fingerprint density at radius 2 is 1.91 bits per heavy atom. The van der Waals surface area contributed by atoms with Gasteiger partial charge in [0.15, 0.2) is 6.61 Å². The quantitative estimate of drug-likeness (QED) is 0.612. The highest BCUT2D eigenvalue weighted by Gasteiger charge is 2.10. The van der Waals surface area contributed by atoms with E-state index in [2.05, 4.69) is 5.32 Å². The topological polar surface area (TPSA) is 93.7 Å². The van der Waals surface area contributed by atoms with E-state index >= 15 is 0 Å². The van der Waals surface area contributed by atoms with Gasteiger partial charge in [-0.05, 0) is 26.0 Å². The lowest BCUT2D eigenvalue weighted by molar-refractivity contribution is -0.143. The zero-order valence-corrected chi connectivity index (χ0v) is 13.3. The second-order valence-corrected chi connectivity index (χ2v) is 4.86. The molecular weight excluding hydrogens is 300 g/mol. The molecule has 0 fully saturated rings. The molecule has 0 aromatic heterocycles. The average Bonchev–Trinajstić information content (AvgIpc) is 2.50. The molecule has 1 aromatic rings. The third-order valence-corrected chi connectivity index (χ3v) is 2.56. The molecule has 0 radical (unpaired) electrons. The fourth-order valence-corrected chi connectivity index (χ4v) is 1.61. The number of urea groups is 1. The van der Waals surface area contributed by atoms with Crippen LogP contribution in [-0.2, 0) is 14.3 Å². The summed E-state index contributed by atoms with van der Waals surface area (Å²) in [7, 11) is 1.53. The van der Waals surface area contributed by atoms with Crippen LogP contribution in [-0.4, -0.2) is 37.7 Å². The highest BCUT2D eigenvalue weighted by molar-refractivity contribution is 5.96. The maximum absolute atomic E-state index is 11.6. The van der Waals surface area contributed by atoms with E-state index in [1.54, 1.807) is 38.1 Å². The standard InChI is InChI=1S/C16H20N2O5/c1-11(2)17-16(21)18-14(19)10-23-15(20)9-8-12-6-4-5-7-13(12)22-3/h4-9,11H,10H2,1-3H3,(H2,17,18,19,21). The average molecular weight is 320 g/mol. The number of para-hydroxylation sites is 1. The van der Waals surface area contributed by atoms with Crippen molar-refractivity contribution in [1.82, 2.24) is 10.6 Å². The van der Waals surface area contributed by atoms with Crippen molar-refractivity contribution in [3.63, 3.8) is 0 Å². The smallest absolute Gasteiger partial charge is 0.331 e. The van der Waals surface area contributed by atoms with Gasteiger partial charge in [0.2, 0.25) is 0 Å². The number of hydrogen-bond donors (Lipinski definition) is 2. The van der Waals surface area contributed by atoms with Crippen LogP contribution < -0.4 is 15.4 Å². The molecule has 1 rings (SSSR count). The molecular formula is C16H20N2O5. The molecule has 7 nitrogen and oxygen atoms in total. The van der Waals surface area contributed by atoms with E-state index in [0.717, 1.165) is 0 Å². The molecule has 0 saturated heterocycles. The molecule has 124 valence electrons. The number of hydrogen-bond acceptors (Lipinski definition) is 5. The molecule has 1 aromatic carbocycles. The largest absolute Gasteiger partial charge is 0.496 e. The predicted octanol–water partition coefficient (Wildman–Crippen LogP) is 1.49. The highest BCUT2D eigenvalue weighted by atomic mass is 16.5. The van der Waals surface area contributed by atoms with Crippen LogP contribution in [0, 0.1) is 0 Å². The van der Waals surface area contributed by atoms with Gasteiger partial charge >= 0.3 is 12.0 Å². The number of amides is 3. The van der Waals surface area contributed by atoms with Crippen molar-refractivity contribution in [3.05, 3.63) is 35.9 Å². The van der Waals surface area contributed by atoms with Gasteiger partial charge in [-0.3, -0.25) is 10.1 Å². The molecule has 2 N–H and O–H groups in total. The summed E-state index contributed by atoms with van der Waals surface area (Å²) in [5, 5.41) is 4.53. The maximum atomic E-state index is 11.6. The first kappa shape index (κ1) is 18.2. The van der Waals surface area contributed by atoms with Crippen LogP contribution in [0.5, 0.6) is 5.75 Å². The van der Waals surface area contributed by atoms with Crippen LogP contribution in [0.15, 0.2) is 30.3 Å². The first-order valence-electron chi connectivity index (χ1n) is 7.00. The predicted molar refractivity (Wildman–Crippen MR) is 84.8 cm³/mol. The monoisotopic (exact) mass is 320 g/mol. The van der Waals surface area contributed by atoms with E-state index in [4.69, 9.17) is 9.47 Å². The van der Waals surface area contributed by atoms with Gasteiger partial charge in [-0.2, -0.15) is 0 Å². The molecule has 7 heteroatoms. The fraction of sp³-hybridized carbons (Fsp3) is 0.312. The van der Waals surface area contributed by atoms with Crippen molar-refractivity contribution in [2.45, 2.75) is 19.9 Å². The Kier molecular flexibility index (Phi) is 7.32. The van der Waals surface area contributed by atoms with Crippen molar-refractivity contribution in [2.24, 2.45) is 0 Å². The lowest BCUT2D eigenvalue weighted by Gasteiger charge is -2.08. The minimum absolute atomic E-state index is 0.103. The molecule has 0 aliphatic heterocycles. The number of benzene rings is 1. The van der Waals surface area contributed by atoms with Crippen molar-refractivity contribution in [3.8, 4) is 5.75 Å². The zero-order chi connectivity index (χ0) is 17.2. The highest BCUT2D eigenvalue weighted by Crippen LogP contribution is 2.18. The number of carbonyl (C=O) groups is 3. The van der Waals surface area contributed by atoms with Crippen LogP contribution in [0.4, 0.5) is 4.79 Å². The number of ether oxygens (including phenoxy) is 2.